The van der Waals surface area contributed by atoms with Gasteiger partial charge in [-0.25, -0.2) is 0 Å². The van der Waals surface area contributed by atoms with Gasteiger partial charge >= 0.3 is 37.7 Å². The molecule has 4 rings (SSSR count). The predicted octanol–water partition coefficient (Wildman–Crippen LogP) is 3.16. The largest absolute Gasteiger partial charge is 2.00 e. The number of aliphatic carboxylic acids is 1. The van der Waals surface area contributed by atoms with Crippen molar-refractivity contribution in [3.63, 3.8) is 0 Å². The third-order valence-corrected chi connectivity index (χ3v) is 10.2. The van der Waals surface area contributed by atoms with Gasteiger partial charge in [-0.1, -0.05) is 33.6 Å². The molecule has 0 spiro atoms. The summed E-state index contributed by atoms with van der Waals surface area (Å²) in [6.45, 7) is 7.34. The fourth-order valence-electron chi connectivity index (χ4n) is 8.74. The van der Waals surface area contributed by atoms with E-state index in [4.69, 9.17) is 0 Å². The third-order valence-electron chi connectivity index (χ3n) is 10.2. The molecule has 4 aliphatic carbocycles. The van der Waals surface area contributed by atoms with Crippen LogP contribution in [0, 0.1) is 46.3 Å². The molecule has 0 amide bonds. The molecule has 0 bridgehead atoms. The molecule has 28 heavy (non-hydrogen) atoms. The van der Waals surface area contributed by atoms with E-state index in [-0.39, 0.29) is 50.3 Å². The molecular weight excluding hydrogens is 376 g/mol. The minimum atomic E-state index is -0.898. The van der Waals surface area contributed by atoms with Gasteiger partial charge in [-0.3, -0.25) is 0 Å². The predicted molar refractivity (Wildman–Crippen MR) is 108 cm³/mol. The first kappa shape index (κ1) is 23.4. The molecule has 0 aliphatic heterocycles. The molecule has 0 aromatic rings. The van der Waals surface area contributed by atoms with Crippen LogP contribution in [-0.2, 0) is 4.79 Å². The van der Waals surface area contributed by atoms with Gasteiger partial charge in [-0.15, -0.1) is 6.10 Å². The molecule has 4 fully saturated rings. The van der Waals surface area contributed by atoms with Crippen LogP contribution < -0.4 is 10.2 Å². The molecule has 0 aromatic heterocycles. The Morgan fingerprint density at radius 2 is 1.68 bits per heavy atom. The molecule has 0 radical (unpaired) electrons. The summed E-state index contributed by atoms with van der Waals surface area (Å²) in [4.78, 5) is 10.9. The average molecular weight is 415 g/mol. The molecule has 0 heterocycles. The second-order valence-electron chi connectivity index (χ2n) is 11.2. The van der Waals surface area contributed by atoms with Crippen molar-refractivity contribution < 1.29 is 15.0 Å². The van der Waals surface area contributed by atoms with E-state index >= 15 is 0 Å². The summed E-state index contributed by atoms with van der Waals surface area (Å²) in [5.74, 6) is 3.40. The van der Waals surface area contributed by atoms with Crippen molar-refractivity contribution >= 4 is 43.7 Å². The molecule has 3 nitrogen and oxygen atoms in total. The number of carboxylic acid groups (broad SMARTS) is 1. The number of carboxylic acids is 1. The van der Waals surface area contributed by atoms with Crippen molar-refractivity contribution in [3.8, 4) is 0 Å². The van der Waals surface area contributed by atoms with E-state index in [2.05, 4.69) is 20.8 Å². The average Bonchev–Trinajstić information content (AvgIpc) is 2.97. The van der Waals surface area contributed by atoms with Gasteiger partial charge in [-0.05, 0) is 104 Å². The molecule has 0 saturated heterocycles. The Bertz CT molecular complexity index is 580. The Morgan fingerprint density at radius 3 is 2.39 bits per heavy atom. The fourth-order valence-corrected chi connectivity index (χ4v) is 8.74. The molecule has 0 N–H and O–H groups in total. The van der Waals surface area contributed by atoms with Crippen molar-refractivity contribution in [3.05, 3.63) is 0 Å². The fraction of sp³-hybridized carbons (Fsp3) is 0.958. The van der Waals surface area contributed by atoms with E-state index in [0.717, 1.165) is 43.4 Å². The molecular formula is C24H38CaO3. The normalized spacial score (nSPS) is 48.6. The van der Waals surface area contributed by atoms with Gasteiger partial charge in [-0.2, -0.15) is 0 Å². The summed E-state index contributed by atoms with van der Waals surface area (Å²) in [5, 5.41) is 23.0. The number of fused-ring (bicyclic) bond motifs is 5. The van der Waals surface area contributed by atoms with E-state index in [0.29, 0.717) is 28.6 Å². The summed E-state index contributed by atoms with van der Waals surface area (Å²) in [6, 6.07) is 0. The maximum absolute atomic E-state index is 12.1. The summed E-state index contributed by atoms with van der Waals surface area (Å²) in [7, 11) is 0. The van der Waals surface area contributed by atoms with Crippen molar-refractivity contribution in [2.45, 2.75) is 97.5 Å². The molecule has 6 unspecified atom stereocenters. The minimum Gasteiger partial charge on any atom is -0.852 e. The maximum atomic E-state index is 12.1. The van der Waals surface area contributed by atoms with Gasteiger partial charge in [0.25, 0.3) is 0 Å². The Kier molecular flexibility index (Phi) is 7.23. The van der Waals surface area contributed by atoms with Gasteiger partial charge in [0, 0.05) is 5.97 Å². The summed E-state index contributed by atoms with van der Waals surface area (Å²) in [5.41, 5.74) is 0.801. The SMILES string of the molecule is CC(CCC(=O)[O-])C1CCC2C3CC[C@@H]4C[C@H]([O-])CCC4(C)C3CC[C@]12C.[Ca+2]. The van der Waals surface area contributed by atoms with E-state index in [9.17, 15) is 15.0 Å². The first-order valence-corrected chi connectivity index (χ1v) is 11.6. The monoisotopic (exact) mass is 414 g/mol. The molecule has 4 heteroatoms. The van der Waals surface area contributed by atoms with Crippen LogP contribution >= 0.6 is 0 Å². The molecule has 0 aromatic carbocycles. The van der Waals surface area contributed by atoms with Crippen LogP contribution in [0.5, 0.6) is 0 Å². The zero-order valence-electron chi connectivity index (χ0n) is 18.3. The van der Waals surface area contributed by atoms with Gasteiger partial charge in [0.15, 0.2) is 0 Å². The minimum absolute atomic E-state index is 0. The Labute approximate surface area is 201 Å². The van der Waals surface area contributed by atoms with Crippen LogP contribution in [0.2, 0.25) is 0 Å². The molecule has 154 valence electrons. The smallest absolute Gasteiger partial charge is 0.852 e. The first-order chi connectivity index (χ1) is 12.8. The topological polar surface area (TPSA) is 63.2 Å². The van der Waals surface area contributed by atoms with Crippen molar-refractivity contribution in [1.82, 2.24) is 0 Å². The summed E-state index contributed by atoms with van der Waals surface area (Å²) in [6.07, 6.45) is 11.5. The zero-order valence-corrected chi connectivity index (χ0v) is 20.5. The van der Waals surface area contributed by atoms with Crippen LogP contribution in [-0.4, -0.2) is 49.8 Å². The number of rotatable bonds is 4. The van der Waals surface area contributed by atoms with Crippen LogP contribution in [0.1, 0.15) is 91.4 Å². The van der Waals surface area contributed by atoms with Crippen molar-refractivity contribution in [2.75, 3.05) is 0 Å². The number of hydrogen-bond acceptors (Lipinski definition) is 3. The number of hydrogen-bond donors (Lipinski definition) is 0. The zero-order chi connectivity index (χ0) is 19.4. The second kappa shape index (κ2) is 8.67. The van der Waals surface area contributed by atoms with Crippen molar-refractivity contribution in [2.24, 2.45) is 46.3 Å². The maximum Gasteiger partial charge on any atom is 2.00 e. The Hall–Kier alpha value is 0.690. The van der Waals surface area contributed by atoms with Crippen molar-refractivity contribution in [1.29, 1.82) is 0 Å². The van der Waals surface area contributed by atoms with Crippen LogP contribution in [0.25, 0.3) is 0 Å². The van der Waals surface area contributed by atoms with E-state index in [1.807, 2.05) is 0 Å². The van der Waals surface area contributed by atoms with Gasteiger partial charge < -0.3 is 15.0 Å². The first-order valence-electron chi connectivity index (χ1n) is 11.6. The van der Waals surface area contributed by atoms with Crippen LogP contribution in [0.15, 0.2) is 0 Å². The number of carbonyl (C=O) groups is 1. The molecule has 9 atom stereocenters. The van der Waals surface area contributed by atoms with Gasteiger partial charge in [0.05, 0.1) is 0 Å². The molecule has 4 aliphatic rings. The standard InChI is InChI=1S/C24H39O3.Ca/c1-15(4-9-22(26)27)19-7-8-20-18-6-5-16-14-17(25)10-12-23(16,2)21(18)11-13-24(19,20)3;/h15-21H,4-14H2,1-3H3,(H,26,27);/q-1;+2/p-1/t15?,16-,17-,18?,19?,20?,21?,23?,24-;/m1./s1. The van der Waals surface area contributed by atoms with Gasteiger partial charge in [0.2, 0.25) is 0 Å². The Morgan fingerprint density at radius 1 is 1.00 bits per heavy atom. The quantitative estimate of drug-likeness (QED) is 0.664. The van der Waals surface area contributed by atoms with E-state index < -0.39 is 5.97 Å². The molecule has 4 saturated carbocycles. The van der Waals surface area contributed by atoms with E-state index in [1.165, 1.54) is 38.5 Å². The Balaban J connectivity index is 0.00000225. The van der Waals surface area contributed by atoms with Gasteiger partial charge in [0.1, 0.15) is 0 Å². The van der Waals surface area contributed by atoms with Crippen LogP contribution in [0.4, 0.5) is 0 Å². The summed E-state index contributed by atoms with van der Waals surface area (Å²) >= 11 is 0. The van der Waals surface area contributed by atoms with Crippen LogP contribution in [0.3, 0.4) is 0 Å². The van der Waals surface area contributed by atoms with E-state index in [1.54, 1.807) is 0 Å². The number of carbonyl (C=O) groups excluding carboxylic acids is 1. The second-order valence-corrected chi connectivity index (χ2v) is 11.2. The summed E-state index contributed by atoms with van der Waals surface area (Å²) < 4.78 is 0. The third kappa shape index (κ3) is 3.84.